The van der Waals surface area contributed by atoms with Gasteiger partial charge in [-0.05, 0) is 13.8 Å². The second kappa shape index (κ2) is 6.13. The molecule has 0 aliphatic rings. The predicted molar refractivity (Wildman–Crippen MR) is 67.1 cm³/mol. The van der Waals surface area contributed by atoms with E-state index in [1.54, 1.807) is 0 Å². The van der Waals surface area contributed by atoms with Gasteiger partial charge < -0.3 is 4.74 Å². The second-order valence-corrected chi connectivity index (χ2v) is 6.84. The van der Waals surface area contributed by atoms with E-state index in [2.05, 4.69) is 6.58 Å². The van der Waals surface area contributed by atoms with Crippen molar-refractivity contribution in [2.75, 3.05) is 6.61 Å². The van der Waals surface area contributed by atoms with E-state index in [1.807, 2.05) is 0 Å². The highest BCUT2D eigenvalue weighted by atomic mass is 32.2. The van der Waals surface area contributed by atoms with Crippen LogP contribution < -0.4 is 4.72 Å². The molecule has 0 heterocycles. The van der Waals surface area contributed by atoms with Crippen LogP contribution in [0.1, 0.15) is 27.7 Å². The number of esters is 1. The number of rotatable bonds is 6. The number of hydrogen-bond donors (Lipinski definition) is 1. The van der Waals surface area contributed by atoms with Crippen LogP contribution in [0.3, 0.4) is 0 Å². The molecule has 0 saturated heterocycles. The topological polar surface area (TPSA) is 72.5 Å². The van der Waals surface area contributed by atoms with Gasteiger partial charge in [-0.15, -0.1) is 0 Å². The molecule has 0 aromatic heterocycles. The minimum Gasteiger partial charge on any atom is -0.462 e. The van der Waals surface area contributed by atoms with Crippen molar-refractivity contribution in [3.8, 4) is 0 Å². The summed E-state index contributed by atoms with van der Waals surface area (Å²) >= 11 is 0. The van der Waals surface area contributed by atoms with Crippen LogP contribution in [0.15, 0.2) is 12.2 Å². The van der Waals surface area contributed by atoms with E-state index in [4.69, 9.17) is 4.74 Å². The molecule has 5 nitrogen and oxygen atoms in total. The summed E-state index contributed by atoms with van der Waals surface area (Å²) in [6.45, 7) is 8.74. The number of sulfonamides is 1. The Bertz CT molecular complexity index is 482. The van der Waals surface area contributed by atoms with Crippen LogP contribution in [-0.2, 0) is 19.6 Å². The predicted octanol–water partition coefficient (Wildman–Crippen LogP) is 1.96. The fourth-order valence-electron chi connectivity index (χ4n) is 0.959. The normalized spacial score (nSPS) is 14.8. The number of alkyl halides is 3. The van der Waals surface area contributed by atoms with E-state index in [9.17, 15) is 26.4 Å². The molecule has 0 aromatic rings. The van der Waals surface area contributed by atoms with Crippen LogP contribution in [0.25, 0.3) is 0 Å². The summed E-state index contributed by atoms with van der Waals surface area (Å²) in [5, 5.41) is 0. The van der Waals surface area contributed by atoms with Crippen molar-refractivity contribution in [2.24, 2.45) is 5.41 Å². The third-order valence-corrected chi connectivity index (χ3v) is 4.01. The lowest BCUT2D eigenvalue weighted by Crippen LogP contribution is -2.49. The van der Waals surface area contributed by atoms with Gasteiger partial charge in [-0.1, -0.05) is 20.4 Å². The van der Waals surface area contributed by atoms with Crippen LogP contribution in [0.5, 0.6) is 0 Å². The van der Waals surface area contributed by atoms with Crippen LogP contribution >= 0.6 is 0 Å². The molecule has 1 N–H and O–H groups in total. The smallest absolute Gasteiger partial charge is 0.462 e. The molecule has 1 atom stereocenters. The Hall–Kier alpha value is -1.09. The van der Waals surface area contributed by atoms with E-state index in [0.29, 0.717) is 0 Å². The highest BCUT2D eigenvalue weighted by Gasteiger charge is 2.47. The first-order chi connectivity index (χ1) is 8.71. The Morgan fingerprint density at radius 2 is 1.80 bits per heavy atom. The number of carbonyl (C=O) groups excluding carboxylic acids is 1. The minimum absolute atomic E-state index is 0.143. The van der Waals surface area contributed by atoms with E-state index < -0.39 is 33.0 Å². The first-order valence-electron chi connectivity index (χ1n) is 5.62. The quantitative estimate of drug-likeness (QED) is 0.600. The number of ether oxygens (including phenoxy) is 1. The number of halogens is 3. The summed E-state index contributed by atoms with van der Waals surface area (Å²) in [5.41, 5.74) is -6.26. The number of hydrogen-bond acceptors (Lipinski definition) is 4. The van der Waals surface area contributed by atoms with Crippen LogP contribution in [0.4, 0.5) is 13.2 Å². The molecular formula is C11H18F3NO4S. The van der Waals surface area contributed by atoms with Gasteiger partial charge in [-0.2, -0.15) is 13.2 Å². The van der Waals surface area contributed by atoms with Crippen molar-refractivity contribution < 1.29 is 31.1 Å². The molecule has 9 heteroatoms. The fraction of sp³-hybridized carbons (Fsp3) is 0.727. The summed E-state index contributed by atoms with van der Waals surface area (Å²) in [7, 11) is -5.44. The zero-order valence-corrected chi connectivity index (χ0v) is 12.5. The van der Waals surface area contributed by atoms with Crippen molar-refractivity contribution in [1.82, 2.24) is 4.72 Å². The molecule has 1 unspecified atom stereocenters. The van der Waals surface area contributed by atoms with E-state index >= 15 is 0 Å². The van der Waals surface area contributed by atoms with Crippen molar-refractivity contribution in [3.05, 3.63) is 12.2 Å². The molecular weight excluding hydrogens is 299 g/mol. The monoisotopic (exact) mass is 317 g/mol. The van der Waals surface area contributed by atoms with E-state index in [-0.39, 0.29) is 12.2 Å². The number of nitrogens with one attached hydrogen (secondary N) is 1. The number of carbonyl (C=O) groups is 1. The van der Waals surface area contributed by atoms with Gasteiger partial charge in [0.05, 0.1) is 6.61 Å². The highest BCUT2D eigenvalue weighted by Crippen LogP contribution is 2.27. The second-order valence-electron chi connectivity index (χ2n) is 5.13. The molecule has 20 heavy (non-hydrogen) atoms. The maximum atomic E-state index is 12.3. The molecule has 0 spiro atoms. The third-order valence-electron chi connectivity index (χ3n) is 2.73. The molecule has 0 saturated carbocycles. The summed E-state index contributed by atoms with van der Waals surface area (Å²) in [6.07, 6.45) is 0. The van der Waals surface area contributed by atoms with Crippen molar-refractivity contribution in [1.29, 1.82) is 0 Å². The lowest BCUT2D eigenvalue weighted by atomic mass is 9.87. The minimum atomic E-state index is -5.44. The van der Waals surface area contributed by atoms with Crippen LogP contribution in [0, 0.1) is 5.41 Å². The van der Waals surface area contributed by atoms with Gasteiger partial charge in [0, 0.05) is 17.0 Å². The Balaban J connectivity index is 4.80. The summed E-state index contributed by atoms with van der Waals surface area (Å²) in [6, 6.07) is -1.09. The standard InChI is InChI=1S/C11H18F3NO4S/c1-7(2)9(16)19-6-10(4,5)8(3)15-20(17,18)11(12,13)14/h8,15H,1,6H2,2-5H3. The van der Waals surface area contributed by atoms with E-state index in [0.717, 1.165) is 0 Å². The first kappa shape index (κ1) is 18.9. The first-order valence-corrected chi connectivity index (χ1v) is 7.10. The zero-order chi connectivity index (χ0) is 16.4. The fourth-order valence-corrected chi connectivity index (χ4v) is 1.88. The molecule has 0 aromatic carbocycles. The van der Waals surface area contributed by atoms with Gasteiger partial charge in [0.1, 0.15) is 0 Å². The summed E-state index contributed by atoms with van der Waals surface area (Å²) in [5.74, 6) is -0.691. The zero-order valence-electron chi connectivity index (χ0n) is 11.7. The average Bonchev–Trinajstić information content (AvgIpc) is 2.23. The maximum Gasteiger partial charge on any atom is 0.511 e. The Labute approximate surface area is 116 Å². The van der Waals surface area contributed by atoms with Crippen LogP contribution in [-0.4, -0.2) is 32.5 Å². The van der Waals surface area contributed by atoms with E-state index in [1.165, 1.54) is 32.4 Å². The SMILES string of the molecule is C=C(C)C(=O)OCC(C)(C)C(C)NS(=O)(=O)C(F)(F)F. The molecule has 0 aliphatic heterocycles. The molecule has 0 fully saturated rings. The Morgan fingerprint density at radius 3 is 2.15 bits per heavy atom. The van der Waals surface area contributed by atoms with Gasteiger partial charge in [-0.3, -0.25) is 0 Å². The van der Waals surface area contributed by atoms with Crippen molar-refractivity contribution >= 4 is 16.0 Å². The molecule has 0 bridgehead atoms. The molecule has 118 valence electrons. The summed E-state index contributed by atoms with van der Waals surface area (Å²) < 4.78 is 65.1. The molecule has 0 amide bonds. The third kappa shape index (κ3) is 5.12. The van der Waals surface area contributed by atoms with Crippen molar-refractivity contribution in [3.63, 3.8) is 0 Å². The van der Waals surface area contributed by atoms with Crippen molar-refractivity contribution in [2.45, 2.75) is 39.2 Å². The van der Waals surface area contributed by atoms with Gasteiger partial charge in [0.25, 0.3) is 0 Å². The molecule has 0 rings (SSSR count). The highest BCUT2D eigenvalue weighted by molar-refractivity contribution is 7.90. The molecule has 0 radical (unpaired) electrons. The Kier molecular flexibility index (Phi) is 5.79. The van der Waals surface area contributed by atoms with Gasteiger partial charge in [0.2, 0.25) is 0 Å². The largest absolute Gasteiger partial charge is 0.511 e. The lowest BCUT2D eigenvalue weighted by molar-refractivity contribution is -0.142. The Morgan fingerprint density at radius 1 is 1.35 bits per heavy atom. The van der Waals surface area contributed by atoms with Crippen LogP contribution in [0.2, 0.25) is 0 Å². The van der Waals surface area contributed by atoms with Gasteiger partial charge in [-0.25, -0.2) is 17.9 Å². The summed E-state index contributed by atoms with van der Waals surface area (Å²) in [4.78, 5) is 11.2. The van der Waals surface area contributed by atoms with Gasteiger partial charge >= 0.3 is 21.5 Å². The lowest BCUT2D eigenvalue weighted by Gasteiger charge is -2.31. The van der Waals surface area contributed by atoms with Gasteiger partial charge in [0.15, 0.2) is 0 Å². The molecule has 0 aliphatic carbocycles. The average molecular weight is 317 g/mol. The maximum absolute atomic E-state index is 12.3.